The van der Waals surface area contributed by atoms with Gasteiger partial charge in [-0.2, -0.15) is 0 Å². The summed E-state index contributed by atoms with van der Waals surface area (Å²) in [4.78, 5) is 0.623. The van der Waals surface area contributed by atoms with Crippen LogP contribution in [-0.2, 0) is 5.54 Å². The van der Waals surface area contributed by atoms with Gasteiger partial charge in [0.25, 0.3) is 0 Å². The second-order valence-corrected chi connectivity index (χ2v) is 5.37. The monoisotopic (exact) mass is 277 g/mol. The number of halogens is 2. The van der Waals surface area contributed by atoms with E-state index in [2.05, 4.69) is 15.9 Å². The molecule has 0 heterocycles. The van der Waals surface area contributed by atoms with E-state index in [1.54, 1.807) is 0 Å². The molecule has 0 amide bonds. The maximum atomic E-state index is 13.5. The quantitative estimate of drug-likeness (QED) is 0.838. The summed E-state index contributed by atoms with van der Waals surface area (Å²) in [5.41, 5.74) is 6.17. The molecule has 1 nitrogen and oxygen atoms in total. The lowest BCUT2D eigenvalue weighted by molar-refractivity contribution is 0.536. The van der Waals surface area contributed by atoms with Gasteiger partial charge in [0.05, 0.1) is 4.90 Å². The molecule has 0 unspecified atom stereocenters. The number of benzene rings is 1. The molecular formula is C10H13BrFNS. The molecule has 0 bridgehead atoms. The molecule has 0 saturated heterocycles. The molecule has 1 aromatic rings. The summed E-state index contributed by atoms with van der Waals surface area (Å²) in [6, 6.07) is 3.37. The van der Waals surface area contributed by atoms with Crippen molar-refractivity contribution >= 4 is 27.7 Å². The van der Waals surface area contributed by atoms with Crippen molar-refractivity contribution in [3.8, 4) is 0 Å². The Morgan fingerprint density at radius 2 is 2.00 bits per heavy atom. The predicted molar refractivity (Wildman–Crippen MR) is 63.1 cm³/mol. The van der Waals surface area contributed by atoms with Crippen LogP contribution < -0.4 is 5.73 Å². The summed E-state index contributed by atoms with van der Waals surface area (Å²) in [6.45, 7) is 3.71. The van der Waals surface area contributed by atoms with Crippen LogP contribution in [0.2, 0.25) is 0 Å². The molecule has 0 aliphatic heterocycles. The molecule has 1 aromatic carbocycles. The maximum absolute atomic E-state index is 13.5. The highest BCUT2D eigenvalue weighted by Gasteiger charge is 2.18. The van der Waals surface area contributed by atoms with E-state index in [-0.39, 0.29) is 5.82 Å². The second-order valence-electron chi connectivity index (χ2n) is 3.69. The van der Waals surface area contributed by atoms with E-state index in [0.29, 0.717) is 4.90 Å². The van der Waals surface area contributed by atoms with Gasteiger partial charge in [-0.3, -0.25) is 0 Å². The lowest BCUT2D eigenvalue weighted by atomic mass is 9.96. The van der Waals surface area contributed by atoms with Crippen LogP contribution in [0, 0.1) is 5.82 Å². The highest BCUT2D eigenvalue weighted by molar-refractivity contribution is 9.10. The lowest BCUT2D eigenvalue weighted by Gasteiger charge is -2.20. The van der Waals surface area contributed by atoms with Crippen molar-refractivity contribution in [1.29, 1.82) is 0 Å². The average molecular weight is 278 g/mol. The standard InChI is InChI=1S/C10H13BrFNS/c1-10(2,13)6-4-7(11)9(14-3)8(12)5-6/h4-5H,13H2,1-3H3. The molecular weight excluding hydrogens is 265 g/mol. The normalized spacial score (nSPS) is 11.9. The molecule has 2 N–H and O–H groups in total. The van der Waals surface area contributed by atoms with Gasteiger partial charge in [-0.25, -0.2) is 4.39 Å². The summed E-state index contributed by atoms with van der Waals surface area (Å²) < 4.78 is 14.3. The van der Waals surface area contributed by atoms with Gasteiger partial charge in [-0.1, -0.05) is 0 Å². The average Bonchev–Trinajstić information content (AvgIpc) is 2.01. The van der Waals surface area contributed by atoms with Crippen LogP contribution in [-0.4, -0.2) is 6.26 Å². The summed E-state index contributed by atoms with van der Waals surface area (Å²) in [6.07, 6.45) is 1.84. The largest absolute Gasteiger partial charge is 0.322 e. The SMILES string of the molecule is CSc1c(F)cc(C(C)(C)N)cc1Br. The Balaban J connectivity index is 3.28. The molecule has 4 heteroatoms. The van der Waals surface area contributed by atoms with Gasteiger partial charge >= 0.3 is 0 Å². The fourth-order valence-corrected chi connectivity index (χ4v) is 2.56. The van der Waals surface area contributed by atoms with Crippen LogP contribution in [0.25, 0.3) is 0 Å². The van der Waals surface area contributed by atoms with Crippen LogP contribution in [0.4, 0.5) is 4.39 Å². The minimum atomic E-state index is -0.514. The van der Waals surface area contributed by atoms with Gasteiger partial charge in [0.2, 0.25) is 0 Å². The van der Waals surface area contributed by atoms with Crippen molar-refractivity contribution in [1.82, 2.24) is 0 Å². The third-order valence-corrected chi connectivity index (χ3v) is 3.66. The number of hydrogen-bond donors (Lipinski definition) is 1. The van der Waals surface area contributed by atoms with Crippen LogP contribution in [0.5, 0.6) is 0 Å². The minimum absolute atomic E-state index is 0.222. The Bertz CT molecular complexity index is 323. The van der Waals surface area contributed by atoms with Crippen LogP contribution in [0.15, 0.2) is 21.5 Å². The molecule has 0 spiro atoms. The van der Waals surface area contributed by atoms with E-state index >= 15 is 0 Å². The molecule has 0 aliphatic carbocycles. The lowest BCUT2D eigenvalue weighted by Crippen LogP contribution is -2.28. The van der Waals surface area contributed by atoms with E-state index in [4.69, 9.17) is 5.73 Å². The molecule has 0 radical (unpaired) electrons. The van der Waals surface area contributed by atoms with Crippen LogP contribution in [0.1, 0.15) is 19.4 Å². The molecule has 1 rings (SSSR count). The second kappa shape index (κ2) is 4.21. The fourth-order valence-electron chi connectivity index (χ4n) is 1.13. The molecule has 0 aromatic heterocycles. The van der Waals surface area contributed by atoms with E-state index in [0.717, 1.165) is 10.0 Å². The first kappa shape index (κ1) is 12.0. The smallest absolute Gasteiger partial charge is 0.138 e. The zero-order valence-corrected chi connectivity index (χ0v) is 10.8. The topological polar surface area (TPSA) is 26.0 Å². The Kier molecular flexibility index (Phi) is 3.61. The highest BCUT2D eigenvalue weighted by Crippen LogP contribution is 2.32. The maximum Gasteiger partial charge on any atom is 0.138 e. The van der Waals surface area contributed by atoms with Crippen molar-refractivity contribution < 1.29 is 4.39 Å². The van der Waals surface area contributed by atoms with Gasteiger partial charge in [-0.05, 0) is 53.7 Å². The van der Waals surface area contributed by atoms with Gasteiger partial charge < -0.3 is 5.73 Å². The van der Waals surface area contributed by atoms with E-state index in [9.17, 15) is 4.39 Å². The van der Waals surface area contributed by atoms with Crippen LogP contribution in [0.3, 0.4) is 0 Å². The zero-order valence-electron chi connectivity index (χ0n) is 8.40. The number of nitrogens with two attached hydrogens (primary N) is 1. The molecule has 0 atom stereocenters. The molecule has 0 saturated carbocycles. The number of rotatable bonds is 2. The summed E-state index contributed by atoms with van der Waals surface area (Å²) in [5, 5.41) is 0. The molecule has 14 heavy (non-hydrogen) atoms. The van der Waals surface area contributed by atoms with Crippen molar-refractivity contribution in [2.45, 2.75) is 24.3 Å². The third-order valence-electron chi connectivity index (χ3n) is 1.95. The fraction of sp³-hybridized carbons (Fsp3) is 0.400. The van der Waals surface area contributed by atoms with Gasteiger partial charge in [0.15, 0.2) is 0 Å². The first-order valence-corrected chi connectivity index (χ1v) is 6.20. The van der Waals surface area contributed by atoms with Gasteiger partial charge in [-0.15, -0.1) is 11.8 Å². The van der Waals surface area contributed by atoms with Gasteiger partial charge in [0.1, 0.15) is 5.82 Å². The zero-order chi connectivity index (χ0) is 10.9. The minimum Gasteiger partial charge on any atom is -0.322 e. The van der Waals surface area contributed by atoms with Crippen molar-refractivity contribution in [3.63, 3.8) is 0 Å². The van der Waals surface area contributed by atoms with Gasteiger partial charge in [0, 0.05) is 10.0 Å². The molecule has 0 fully saturated rings. The Morgan fingerprint density at radius 3 is 2.36 bits per heavy atom. The van der Waals surface area contributed by atoms with Crippen molar-refractivity contribution in [2.75, 3.05) is 6.26 Å². The molecule has 78 valence electrons. The highest BCUT2D eigenvalue weighted by atomic mass is 79.9. The summed E-state index contributed by atoms with van der Waals surface area (Å²) in [7, 11) is 0. The van der Waals surface area contributed by atoms with Crippen LogP contribution >= 0.6 is 27.7 Å². The Hall–Kier alpha value is -0.0600. The summed E-state index contributed by atoms with van der Waals surface area (Å²) >= 11 is 4.71. The van der Waals surface area contributed by atoms with Crippen molar-refractivity contribution in [3.05, 3.63) is 28.0 Å². The predicted octanol–water partition coefficient (Wildman–Crippen LogP) is 3.50. The molecule has 0 aliphatic rings. The third kappa shape index (κ3) is 2.49. The Labute approximate surface area is 96.4 Å². The first-order valence-electron chi connectivity index (χ1n) is 4.18. The van der Waals surface area contributed by atoms with Crippen molar-refractivity contribution in [2.24, 2.45) is 5.73 Å². The van der Waals surface area contributed by atoms with E-state index in [1.807, 2.05) is 26.2 Å². The summed E-state index contributed by atoms with van der Waals surface area (Å²) in [5.74, 6) is -0.222. The number of hydrogen-bond acceptors (Lipinski definition) is 2. The Morgan fingerprint density at radius 1 is 1.43 bits per heavy atom. The van der Waals surface area contributed by atoms with E-state index < -0.39 is 5.54 Å². The number of thioether (sulfide) groups is 1. The van der Waals surface area contributed by atoms with E-state index in [1.165, 1.54) is 17.8 Å². The first-order chi connectivity index (χ1) is 6.36.